The Labute approximate surface area is 118 Å². The highest BCUT2D eigenvalue weighted by atomic mass is 16.3. The average Bonchev–Trinajstić information content (AvgIpc) is 2.30. The van der Waals surface area contributed by atoms with Crippen LogP contribution in [0, 0.1) is 11.3 Å². The van der Waals surface area contributed by atoms with Crippen LogP contribution in [0.2, 0.25) is 0 Å². The molecule has 0 heterocycles. The number of nitrogens with one attached hydrogen (secondary N) is 1. The highest BCUT2D eigenvalue weighted by molar-refractivity contribution is 5.76. The van der Waals surface area contributed by atoms with E-state index in [0.29, 0.717) is 30.4 Å². The van der Waals surface area contributed by atoms with Crippen LogP contribution < -0.4 is 5.32 Å². The number of aliphatic hydroxyl groups is 1. The van der Waals surface area contributed by atoms with E-state index in [2.05, 4.69) is 26.1 Å². The first-order valence-corrected chi connectivity index (χ1v) is 7.81. The number of amides is 1. The van der Waals surface area contributed by atoms with Crippen molar-refractivity contribution in [1.29, 1.82) is 0 Å². The summed E-state index contributed by atoms with van der Waals surface area (Å²) in [4.78, 5) is 11.9. The van der Waals surface area contributed by atoms with Gasteiger partial charge in [0.05, 0.1) is 0 Å². The highest BCUT2D eigenvalue weighted by Crippen LogP contribution is 2.27. The third-order valence-electron chi connectivity index (χ3n) is 4.08. The highest BCUT2D eigenvalue weighted by Gasteiger charge is 2.22. The summed E-state index contributed by atoms with van der Waals surface area (Å²) < 4.78 is 0. The molecule has 1 fully saturated rings. The van der Waals surface area contributed by atoms with Crippen molar-refractivity contribution >= 4 is 5.91 Å². The zero-order valence-electron chi connectivity index (χ0n) is 12.9. The Kier molecular flexibility index (Phi) is 6.84. The van der Waals surface area contributed by atoms with Crippen LogP contribution in [0.25, 0.3) is 0 Å². The molecular formula is C16H31NO2. The van der Waals surface area contributed by atoms with Gasteiger partial charge >= 0.3 is 0 Å². The van der Waals surface area contributed by atoms with Crippen LogP contribution >= 0.6 is 0 Å². The molecule has 1 aliphatic carbocycles. The number of hydrogen-bond donors (Lipinski definition) is 2. The van der Waals surface area contributed by atoms with Crippen molar-refractivity contribution in [3.05, 3.63) is 0 Å². The number of carbonyl (C=O) groups is 1. The van der Waals surface area contributed by atoms with Gasteiger partial charge in [-0.1, -0.05) is 20.8 Å². The Morgan fingerprint density at radius 2 is 1.84 bits per heavy atom. The van der Waals surface area contributed by atoms with E-state index < -0.39 is 0 Å². The summed E-state index contributed by atoms with van der Waals surface area (Å²) in [7, 11) is 0. The minimum atomic E-state index is 0.217. The number of carbonyl (C=O) groups excluding carboxylic acids is 1. The number of rotatable bonds is 6. The lowest BCUT2D eigenvalue weighted by Gasteiger charge is -2.28. The third-order valence-corrected chi connectivity index (χ3v) is 4.08. The van der Waals surface area contributed by atoms with Gasteiger partial charge < -0.3 is 10.4 Å². The van der Waals surface area contributed by atoms with E-state index in [9.17, 15) is 4.79 Å². The number of aliphatic hydroxyl groups excluding tert-OH is 1. The molecule has 0 aromatic rings. The van der Waals surface area contributed by atoms with Crippen LogP contribution in [-0.4, -0.2) is 23.7 Å². The van der Waals surface area contributed by atoms with Crippen LogP contribution in [0.1, 0.15) is 72.1 Å². The van der Waals surface area contributed by atoms with Gasteiger partial charge in [-0.3, -0.25) is 4.79 Å². The van der Waals surface area contributed by atoms with E-state index in [1.807, 2.05) is 0 Å². The molecule has 0 aliphatic heterocycles. The van der Waals surface area contributed by atoms with E-state index in [1.54, 1.807) is 0 Å². The molecule has 0 aromatic carbocycles. The summed E-state index contributed by atoms with van der Waals surface area (Å²) >= 11 is 0. The molecule has 112 valence electrons. The second-order valence-corrected chi connectivity index (χ2v) is 7.21. The van der Waals surface area contributed by atoms with Crippen molar-refractivity contribution in [2.24, 2.45) is 11.3 Å². The summed E-state index contributed by atoms with van der Waals surface area (Å²) in [6, 6.07) is 0.372. The predicted octanol–water partition coefficient (Wildman–Crippen LogP) is 3.26. The van der Waals surface area contributed by atoms with Crippen molar-refractivity contribution < 1.29 is 9.90 Å². The summed E-state index contributed by atoms with van der Waals surface area (Å²) in [5.74, 6) is 0.883. The summed E-state index contributed by atoms with van der Waals surface area (Å²) in [5, 5.41) is 12.1. The van der Waals surface area contributed by atoms with Crippen LogP contribution in [0.4, 0.5) is 0 Å². The maximum absolute atomic E-state index is 11.9. The molecule has 1 rings (SSSR count). The molecule has 1 amide bonds. The van der Waals surface area contributed by atoms with Gasteiger partial charge in [-0.25, -0.2) is 0 Å². The Balaban J connectivity index is 2.13. The van der Waals surface area contributed by atoms with E-state index >= 15 is 0 Å². The van der Waals surface area contributed by atoms with Gasteiger partial charge in [-0.15, -0.1) is 0 Å². The van der Waals surface area contributed by atoms with Crippen LogP contribution in [0.5, 0.6) is 0 Å². The Morgan fingerprint density at radius 3 is 2.37 bits per heavy atom. The van der Waals surface area contributed by atoms with Crippen molar-refractivity contribution in [2.75, 3.05) is 6.61 Å². The maximum atomic E-state index is 11.9. The van der Waals surface area contributed by atoms with Gasteiger partial charge in [0.15, 0.2) is 0 Å². The topological polar surface area (TPSA) is 49.3 Å². The smallest absolute Gasteiger partial charge is 0.220 e. The lowest BCUT2D eigenvalue weighted by Crippen LogP contribution is -2.37. The van der Waals surface area contributed by atoms with Crippen LogP contribution in [0.3, 0.4) is 0 Å². The molecule has 0 aromatic heterocycles. The van der Waals surface area contributed by atoms with Gasteiger partial charge in [0.2, 0.25) is 5.91 Å². The van der Waals surface area contributed by atoms with Crippen molar-refractivity contribution in [1.82, 2.24) is 5.32 Å². The van der Waals surface area contributed by atoms with Crippen LogP contribution in [-0.2, 0) is 4.79 Å². The maximum Gasteiger partial charge on any atom is 0.220 e. The molecule has 0 atom stereocenters. The zero-order valence-corrected chi connectivity index (χ0v) is 12.9. The van der Waals surface area contributed by atoms with E-state index in [4.69, 9.17) is 5.11 Å². The molecule has 1 aliphatic rings. The van der Waals surface area contributed by atoms with Gasteiger partial charge in [-0.2, -0.15) is 0 Å². The van der Waals surface area contributed by atoms with Crippen molar-refractivity contribution in [3.63, 3.8) is 0 Å². The third kappa shape index (κ3) is 7.56. The minimum absolute atomic E-state index is 0.217. The van der Waals surface area contributed by atoms with E-state index in [1.165, 1.54) is 0 Å². The molecule has 3 heteroatoms. The standard InChI is InChI=1S/C16H31NO2/c1-16(2,3)11-4-5-15(19)17-14-8-6-13(7-9-14)10-12-18/h13-14,18H,4-12H2,1-3H3,(H,17,19). The van der Waals surface area contributed by atoms with Gasteiger partial charge in [0.25, 0.3) is 0 Å². The number of hydrogen-bond acceptors (Lipinski definition) is 2. The molecule has 0 bridgehead atoms. The first-order valence-electron chi connectivity index (χ1n) is 7.81. The molecule has 19 heavy (non-hydrogen) atoms. The lowest BCUT2D eigenvalue weighted by molar-refractivity contribution is -0.122. The van der Waals surface area contributed by atoms with Gasteiger partial charge in [0.1, 0.15) is 0 Å². The Bertz CT molecular complexity index is 262. The molecule has 0 saturated heterocycles. The second kappa shape index (κ2) is 7.88. The quantitative estimate of drug-likeness (QED) is 0.777. The first kappa shape index (κ1) is 16.5. The van der Waals surface area contributed by atoms with Crippen LogP contribution in [0.15, 0.2) is 0 Å². The average molecular weight is 269 g/mol. The largest absolute Gasteiger partial charge is 0.396 e. The fourth-order valence-electron chi connectivity index (χ4n) is 2.86. The molecular weight excluding hydrogens is 238 g/mol. The van der Waals surface area contributed by atoms with E-state index in [-0.39, 0.29) is 5.91 Å². The molecule has 2 N–H and O–H groups in total. The second-order valence-electron chi connectivity index (χ2n) is 7.21. The zero-order chi connectivity index (χ0) is 14.3. The Hall–Kier alpha value is -0.570. The monoisotopic (exact) mass is 269 g/mol. The Morgan fingerprint density at radius 1 is 1.21 bits per heavy atom. The summed E-state index contributed by atoms with van der Waals surface area (Å²) in [6.07, 6.45) is 8.12. The summed E-state index contributed by atoms with van der Waals surface area (Å²) in [6.45, 7) is 6.95. The first-order chi connectivity index (χ1) is 8.90. The summed E-state index contributed by atoms with van der Waals surface area (Å²) in [5.41, 5.74) is 0.322. The fraction of sp³-hybridized carbons (Fsp3) is 0.938. The van der Waals surface area contributed by atoms with Crippen molar-refractivity contribution in [3.8, 4) is 0 Å². The lowest BCUT2D eigenvalue weighted by atomic mass is 9.84. The van der Waals surface area contributed by atoms with Crippen molar-refractivity contribution in [2.45, 2.75) is 78.2 Å². The predicted molar refractivity (Wildman–Crippen MR) is 78.9 cm³/mol. The van der Waals surface area contributed by atoms with E-state index in [0.717, 1.165) is 44.9 Å². The minimum Gasteiger partial charge on any atom is -0.396 e. The fourth-order valence-corrected chi connectivity index (χ4v) is 2.86. The molecule has 1 saturated carbocycles. The SMILES string of the molecule is CC(C)(C)CCCC(=O)NC1CCC(CCO)CC1. The molecule has 0 spiro atoms. The molecule has 0 radical (unpaired) electrons. The molecule has 3 nitrogen and oxygen atoms in total. The van der Waals surface area contributed by atoms with Gasteiger partial charge in [-0.05, 0) is 56.3 Å². The molecule has 0 unspecified atom stereocenters. The van der Waals surface area contributed by atoms with Gasteiger partial charge in [0, 0.05) is 19.1 Å². The normalized spacial score (nSPS) is 24.2.